The highest BCUT2D eigenvalue weighted by Crippen LogP contribution is 2.30. The van der Waals surface area contributed by atoms with Gasteiger partial charge < -0.3 is 13.9 Å². The number of hydrogen-bond acceptors (Lipinski definition) is 4. The summed E-state index contributed by atoms with van der Waals surface area (Å²) in [4.78, 5) is 11.8. The van der Waals surface area contributed by atoms with Crippen molar-refractivity contribution < 1.29 is 13.9 Å². The molecule has 2 aromatic rings. The third-order valence-corrected chi connectivity index (χ3v) is 2.45. The van der Waals surface area contributed by atoms with Crippen LogP contribution >= 0.6 is 0 Å². The van der Waals surface area contributed by atoms with Gasteiger partial charge in [-0.2, -0.15) is 0 Å². The van der Waals surface area contributed by atoms with Crippen LogP contribution in [0, 0.1) is 6.92 Å². The molecule has 0 aliphatic rings. The molecule has 0 saturated carbocycles. The average Bonchev–Trinajstić information content (AvgIpc) is 2.32. The van der Waals surface area contributed by atoms with E-state index in [0.717, 1.165) is 0 Å². The Hall–Kier alpha value is -1.97. The first-order valence-corrected chi connectivity index (χ1v) is 4.81. The van der Waals surface area contributed by atoms with E-state index in [9.17, 15) is 4.79 Å². The summed E-state index contributed by atoms with van der Waals surface area (Å²) in [5.74, 6) is 1.06. The lowest BCUT2D eigenvalue weighted by Crippen LogP contribution is -2.05. The number of ether oxygens (including phenoxy) is 2. The summed E-state index contributed by atoms with van der Waals surface area (Å²) in [5.41, 5.74) is 1.01. The average molecular weight is 220 g/mol. The maximum absolute atomic E-state index is 11.8. The van der Waals surface area contributed by atoms with Crippen LogP contribution in [-0.4, -0.2) is 14.2 Å². The van der Waals surface area contributed by atoms with Crippen molar-refractivity contribution in [2.75, 3.05) is 14.2 Å². The Labute approximate surface area is 92.4 Å². The summed E-state index contributed by atoms with van der Waals surface area (Å²) in [5, 5.41) is 0.498. The molecule has 4 nitrogen and oxygen atoms in total. The molecule has 1 heterocycles. The molecule has 0 unspecified atom stereocenters. The Morgan fingerprint density at radius 3 is 2.38 bits per heavy atom. The standard InChI is InChI=1S/C12H12O4/c1-7-6-16-9-5-11(15-3)10(14-2)4-8(9)12(7)13/h4-6H,1-3H3. The number of fused-ring (bicyclic) bond motifs is 1. The summed E-state index contributed by atoms with van der Waals surface area (Å²) in [6.45, 7) is 1.71. The first-order valence-electron chi connectivity index (χ1n) is 4.81. The molecule has 0 aliphatic carbocycles. The first kappa shape index (κ1) is 10.5. The molecule has 0 fully saturated rings. The lowest BCUT2D eigenvalue weighted by molar-refractivity contribution is 0.355. The molecule has 84 valence electrons. The Morgan fingerprint density at radius 1 is 1.12 bits per heavy atom. The Balaban J connectivity index is 2.84. The van der Waals surface area contributed by atoms with Gasteiger partial charge >= 0.3 is 0 Å². The van der Waals surface area contributed by atoms with Crippen molar-refractivity contribution in [3.8, 4) is 11.5 Å². The second-order valence-electron chi connectivity index (χ2n) is 3.45. The minimum Gasteiger partial charge on any atom is -0.493 e. The van der Waals surface area contributed by atoms with Crippen LogP contribution in [0.25, 0.3) is 11.0 Å². The van der Waals surface area contributed by atoms with Crippen LogP contribution in [0.15, 0.2) is 27.6 Å². The van der Waals surface area contributed by atoms with E-state index in [0.29, 0.717) is 28.0 Å². The third-order valence-electron chi connectivity index (χ3n) is 2.45. The van der Waals surface area contributed by atoms with Gasteiger partial charge in [0.25, 0.3) is 0 Å². The molecule has 0 atom stereocenters. The van der Waals surface area contributed by atoms with Crippen LogP contribution < -0.4 is 14.9 Å². The molecule has 0 bridgehead atoms. The summed E-state index contributed by atoms with van der Waals surface area (Å²) in [6, 6.07) is 3.28. The van der Waals surface area contributed by atoms with Crippen LogP contribution in [0.2, 0.25) is 0 Å². The third kappa shape index (κ3) is 1.52. The van der Waals surface area contributed by atoms with Gasteiger partial charge in [-0.25, -0.2) is 0 Å². The largest absolute Gasteiger partial charge is 0.493 e. The number of benzene rings is 1. The van der Waals surface area contributed by atoms with Crippen molar-refractivity contribution in [3.63, 3.8) is 0 Å². The molecule has 0 N–H and O–H groups in total. The van der Waals surface area contributed by atoms with Crippen LogP contribution in [0.3, 0.4) is 0 Å². The highest BCUT2D eigenvalue weighted by atomic mass is 16.5. The van der Waals surface area contributed by atoms with E-state index < -0.39 is 0 Å². The number of hydrogen-bond donors (Lipinski definition) is 0. The number of aryl methyl sites for hydroxylation is 1. The van der Waals surface area contributed by atoms with Gasteiger partial charge in [0.15, 0.2) is 16.9 Å². The smallest absolute Gasteiger partial charge is 0.195 e. The van der Waals surface area contributed by atoms with Gasteiger partial charge in [-0.15, -0.1) is 0 Å². The molecule has 0 radical (unpaired) electrons. The molecule has 1 aromatic heterocycles. The van der Waals surface area contributed by atoms with Gasteiger partial charge in [-0.05, 0) is 13.0 Å². The van der Waals surface area contributed by atoms with Gasteiger partial charge in [0.1, 0.15) is 5.58 Å². The van der Waals surface area contributed by atoms with E-state index in [2.05, 4.69) is 0 Å². The van der Waals surface area contributed by atoms with Crippen molar-refractivity contribution in [1.82, 2.24) is 0 Å². The fraction of sp³-hybridized carbons (Fsp3) is 0.250. The van der Waals surface area contributed by atoms with Crippen molar-refractivity contribution in [2.24, 2.45) is 0 Å². The Bertz CT molecular complexity index is 583. The van der Waals surface area contributed by atoms with E-state index in [4.69, 9.17) is 13.9 Å². The van der Waals surface area contributed by atoms with Gasteiger partial charge in [0.05, 0.1) is 25.9 Å². The fourth-order valence-electron chi connectivity index (χ4n) is 1.55. The van der Waals surface area contributed by atoms with Crippen molar-refractivity contribution in [1.29, 1.82) is 0 Å². The molecular formula is C12H12O4. The molecule has 0 aliphatic heterocycles. The lowest BCUT2D eigenvalue weighted by atomic mass is 10.1. The van der Waals surface area contributed by atoms with E-state index in [-0.39, 0.29) is 5.43 Å². The first-order chi connectivity index (χ1) is 7.67. The quantitative estimate of drug-likeness (QED) is 0.777. The highest BCUT2D eigenvalue weighted by molar-refractivity contribution is 5.81. The molecule has 0 saturated heterocycles. The zero-order chi connectivity index (χ0) is 11.7. The molecule has 2 rings (SSSR count). The zero-order valence-corrected chi connectivity index (χ0v) is 9.37. The van der Waals surface area contributed by atoms with Gasteiger partial charge in [0.2, 0.25) is 0 Å². The van der Waals surface area contributed by atoms with Crippen molar-refractivity contribution in [3.05, 3.63) is 34.2 Å². The molecule has 0 spiro atoms. The van der Waals surface area contributed by atoms with Crippen LogP contribution in [-0.2, 0) is 0 Å². The minimum atomic E-state index is -0.0535. The Kier molecular flexibility index (Phi) is 2.56. The lowest BCUT2D eigenvalue weighted by Gasteiger charge is -2.08. The van der Waals surface area contributed by atoms with E-state index >= 15 is 0 Å². The van der Waals surface area contributed by atoms with Crippen LogP contribution in [0.1, 0.15) is 5.56 Å². The van der Waals surface area contributed by atoms with Crippen molar-refractivity contribution >= 4 is 11.0 Å². The monoisotopic (exact) mass is 220 g/mol. The van der Waals surface area contributed by atoms with Crippen LogP contribution in [0.5, 0.6) is 11.5 Å². The van der Waals surface area contributed by atoms with Crippen molar-refractivity contribution in [2.45, 2.75) is 6.92 Å². The van der Waals surface area contributed by atoms with Gasteiger partial charge in [-0.1, -0.05) is 0 Å². The van der Waals surface area contributed by atoms with Crippen LogP contribution in [0.4, 0.5) is 0 Å². The van der Waals surface area contributed by atoms with E-state index in [1.165, 1.54) is 20.5 Å². The summed E-state index contributed by atoms with van der Waals surface area (Å²) >= 11 is 0. The molecule has 4 heteroatoms. The maximum Gasteiger partial charge on any atom is 0.195 e. The molecule has 0 amide bonds. The Morgan fingerprint density at radius 2 is 1.75 bits per heavy atom. The summed E-state index contributed by atoms with van der Waals surface area (Å²) in [7, 11) is 3.07. The summed E-state index contributed by atoms with van der Waals surface area (Å²) < 4.78 is 15.6. The van der Waals surface area contributed by atoms with Gasteiger partial charge in [-0.3, -0.25) is 4.79 Å². The SMILES string of the molecule is COc1cc2occ(C)c(=O)c2cc1OC. The topological polar surface area (TPSA) is 48.7 Å². The predicted molar refractivity (Wildman–Crippen MR) is 60.3 cm³/mol. The minimum absolute atomic E-state index is 0.0535. The normalized spacial score (nSPS) is 10.4. The summed E-state index contributed by atoms with van der Waals surface area (Å²) in [6.07, 6.45) is 1.44. The molecule has 16 heavy (non-hydrogen) atoms. The maximum atomic E-state index is 11.8. The molecule has 1 aromatic carbocycles. The molecular weight excluding hydrogens is 208 g/mol. The second kappa shape index (κ2) is 3.89. The predicted octanol–water partition coefficient (Wildman–Crippen LogP) is 2.12. The van der Waals surface area contributed by atoms with E-state index in [1.54, 1.807) is 19.1 Å². The fourth-order valence-corrected chi connectivity index (χ4v) is 1.55. The number of rotatable bonds is 2. The second-order valence-corrected chi connectivity index (χ2v) is 3.45. The van der Waals surface area contributed by atoms with E-state index in [1.807, 2.05) is 0 Å². The zero-order valence-electron chi connectivity index (χ0n) is 9.37. The number of methoxy groups -OCH3 is 2. The highest BCUT2D eigenvalue weighted by Gasteiger charge is 2.10. The van der Waals surface area contributed by atoms with Gasteiger partial charge in [0, 0.05) is 11.6 Å².